The van der Waals surface area contributed by atoms with E-state index in [4.69, 9.17) is 11.6 Å². The Kier molecular flexibility index (Phi) is 1.69. The fraction of sp³-hybridized carbons (Fsp3) is 0.125. The van der Waals surface area contributed by atoms with E-state index < -0.39 is 0 Å². The van der Waals surface area contributed by atoms with Crippen LogP contribution in [0.2, 0.25) is 0 Å². The predicted octanol–water partition coefficient (Wildman–Crippen LogP) is 4.46. The Hall–Kier alpha value is -1.53. The zero-order valence-corrected chi connectivity index (χ0v) is 10.3. The van der Waals surface area contributed by atoms with Crippen molar-refractivity contribution in [2.45, 2.75) is 6.92 Å². The summed E-state index contributed by atoms with van der Waals surface area (Å²) in [6.07, 6.45) is 4.56. The highest BCUT2D eigenvalue weighted by Gasteiger charge is 2.41. The van der Waals surface area contributed by atoms with Crippen molar-refractivity contribution in [3.8, 4) is 0 Å². The first-order valence-electron chi connectivity index (χ1n) is 5.88. The molecule has 0 heterocycles. The molecule has 0 nitrogen and oxygen atoms in total. The fourth-order valence-corrected chi connectivity index (χ4v) is 2.97. The van der Waals surface area contributed by atoms with Gasteiger partial charge in [-0.15, -0.1) is 0 Å². The first kappa shape index (κ1) is 9.49. The van der Waals surface area contributed by atoms with Gasteiger partial charge in [-0.25, -0.2) is 0 Å². The summed E-state index contributed by atoms with van der Waals surface area (Å²) in [6.45, 7) is 2.14. The third-order valence-corrected chi connectivity index (χ3v) is 4.23. The molecule has 17 heavy (non-hydrogen) atoms. The second-order valence-electron chi connectivity index (χ2n) is 4.81. The molecule has 0 fully saturated rings. The average Bonchev–Trinajstić information content (AvgIpc) is 3.21. The lowest BCUT2D eigenvalue weighted by Crippen LogP contribution is -1.90. The summed E-state index contributed by atoms with van der Waals surface area (Å²) in [5.41, 5.74) is 7.96. The second-order valence-corrected chi connectivity index (χ2v) is 5.19. The van der Waals surface area contributed by atoms with Crippen molar-refractivity contribution >= 4 is 17.2 Å². The van der Waals surface area contributed by atoms with Crippen molar-refractivity contribution in [1.29, 1.82) is 0 Å². The highest BCUT2D eigenvalue weighted by molar-refractivity contribution is 6.38. The lowest BCUT2D eigenvalue weighted by atomic mass is 10.0. The SMILES string of the molecule is CC1=C(Cl)C(c2ccccc2)=C2C=C2C2=CC21. The molecule has 0 radical (unpaired) electrons. The Bertz CT molecular complexity index is 654. The fourth-order valence-electron chi connectivity index (χ4n) is 2.64. The van der Waals surface area contributed by atoms with E-state index >= 15 is 0 Å². The molecule has 0 bridgehead atoms. The number of hydrogen-bond acceptors (Lipinski definition) is 0. The number of halogens is 1. The summed E-state index contributed by atoms with van der Waals surface area (Å²) in [7, 11) is 0. The van der Waals surface area contributed by atoms with Crippen LogP contribution >= 0.6 is 11.6 Å². The van der Waals surface area contributed by atoms with E-state index in [2.05, 4.69) is 43.3 Å². The monoisotopic (exact) mass is 238 g/mol. The van der Waals surface area contributed by atoms with Gasteiger partial charge in [0.2, 0.25) is 0 Å². The molecule has 3 aliphatic carbocycles. The lowest BCUT2D eigenvalue weighted by Gasteiger charge is -2.09. The zero-order valence-electron chi connectivity index (χ0n) is 9.50. The largest absolute Gasteiger partial charge is 0.0837 e. The van der Waals surface area contributed by atoms with E-state index in [0.29, 0.717) is 5.92 Å². The first-order valence-corrected chi connectivity index (χ1v) is 6.25. The maximum absolute atomic E-state index is 6.57. The molecule has 1 atom stereocenters. The highest BCUT2D eigenvalue weighted by Crippen LogP contribution is 2.57. The molecule has 0 aliphatic heterocycles. The molecule has 82 valence electrons. The smallest absolute Gasteiger partial charge is 0.0489 e. The average molecular weight is 239 g/mol. The van der Waals surface area contributed by atoms with Gasteiger partial charge in [-0.1, -0.05) is 48.0 Å². The summed E-state index contributed by atoms with van der Waals surface area (Å²) in [6, 6.07) is 10.4. The van der Waals surface area contributed by atoms with Crippen molar-refractivity contribution in [2.24, 2.45) is 5.92 Å². The summed E-state index contributed by atoms with van der Waals surface area (Å²) in [4.78, 5) is 0. The summed E-state index contributed by atoms with van der Waals surface area (Å²) < 4.78 is 0. The Balaban J connectivity index is 1.93. The van der Waals surface area contributed by atoms with E-state index in [9.17, 15) is 0 Å². The molecule has 1 aromatic rings. The number of allylic oxidation sites excluding steroid dienone is 8. The van der Waals surface area contributed by atoms with Crippen LogP contribution in [0.1, 0.15) is 12.5 Å². The van der Waals surface area contributed by atoms with Gasteiger partial charge in [0.05, 0.1) is 0 Å². The molecule has 0 amide bonds. The summed E-state index contributed by atoms with van der Waals surface area (Å²) >= 11 is 6.57. The van der Waals surface area contributed by atoms with Gasteiger partial charge >= 0.3 is 0 Å². The van der Waals surface area contributed by atoms with Gasteiger partial charge in [0.15, 0.2) is 0 Å². The Morgan fingerprint density at radius 1 is 1.12 bits per heavy atom. The van der Waals surface area contributed by atoms with Crippen LogP contribution in [0.3, 0.4) is 0 Å². The van der Waals surface area contributed by atoms with Crippen LogP contribution in [0.15, 0.2) is 69.8 Å². The van der Waals surface area contributed by atoms with Crippen LogP contribution < -0.4 is 0 Å². The molecule has 0 N–H and O–H groups in total. The summed E-state index contributed by atoms with van der Waals surface area (Å²) in [5, 5.41) is 0.936. The lowest BCUT2D eigenvalue weighted by molar-refractivity contribution is 1.07. The molecule has 1 aromatic carbocycles. The molecule has 1 heteroatoms. The minimum absolute atomic E-state index is 0.507. The molecule has 0 spiro atoms. The van der Waals surface area contributed by atoms with Crippen molar-refractivity contribution in [3.63, 3.8) is 0 Å². The van der Waals surface area contributed by atoms with Crippen molar-refractivity contribution in [2.75, 3.05) is 0 Å². The standard InChI is InChI=1S/C16H11Cl/c1-9-11-7-12(11)13-8-14(13)15(16(9)17)10-5-3-2-4-6-10/h2-8,11H,1H3. The van der Waals surface area contributed by atoms with Crippen LogP contribution in [-0.4, -0.2) is 0 Å². The van der Waals surface area contributed by atoms with E-state index in [1.807, 2.05) is 6.07 Å². The molecule has 0 saturated carbocycles. The van der Waals surface area contributed by atoms with Crippen LogP contribution in [-0.2, 0) is 0 Å². The molecular weight excluding hydrogens is 228 g/mol. The number of fused-ring (bicyclic) bond motifs is 3. The van der Waals surface area contributed by atoms with E-state index in [1.54, 1.807) is 0 Å². The highest BCUT2D eigenvalue weighted by atomic mass is 35.5. The molecule has 0 saturated heterocycles. The van der Waals surface area contributed by atoms with Crippen molar-refractivity contribution < 1.29 is 0 Å². The van der Waals surface area contributed by atoms with Crippen LogP contribution in [0.25, 0.3) is 5.57 Å². The van der Waals surface area contributed by atoms with Crippen LogP contribution in [0, 0.1) is 5.92 Å². The quantitative estimate of drug-likeness (QED) is 0.678. The van der Waals surface area contributed by atoms with Crippen LogP contribution in [0.5, 0.6) is 0 Å². The van der Waals surface area contributed by atoms with Gasteiger partial charge in [0.1, 0.15) is 0 Å². The van der Waals surface area contributed by atoms with Crippen molar-refractivity contribution in [1.82, 2.24) is 0 Å². The van der Waals surface area contributed by atoms with Crippen molar-refractivity contribution in [3.05, 3.63) is 75.4 Å². The normalized spacial score (nSPS) is 24.7. The Morgan fingerprint density at radius 2 is 1.88 bits per heavy atom. The Morgan fingerprint density at radius 3 is 2.65 bits per heavy atom. The van der Waals surface area contributed by atoms with Gasteiger partial charge in [0.25, 0.3) is 0 Å². The minimum Gasteiger partial charge on any atom is -0.0837 e. The minimum atomic E-state index is 0.507. The molecule has 0 aromatic heterocycles. The van der Waals surface area contributed by atoms with Gasteiger partial charge < -0.3 is 0 Å². The van der Waals surface area contributed by atoms with E-state index in [0.717, 1.165) is 5.03 Å². The number of hydrogen-bond donors (Lipinski definition) is 0. The number of benzene rings is 1. The van der Waals surface area contributed by atoms with E-state index in [1.165, 1.54) is 33.4 Å². The van der Waals surface area contributed by atoms with E-state index in [-0.39, 0.29) is 0 Å². The molecular formula is C16H11Cl. The molecule has 1 unspecified atom stereocenters. The Labute approximate surface area is 106 Å². The maximum Gasteiger partial charge on any atom is 0.0489 e. The maximum atomic E-state index is 6.57. The third kappa shape index (κ3) is 1.25. The molecule has 4 rings (SSSR count). The van der Waals surface area contributed by atoms with Crippen LogP contribution in [0.4, 0.5) is 0 Å². The zero-order chi connectivity index (χ0) is 11.6. The predicted molar refractivity (Wildman–Crippen MR) is 71.6 cm³/mol. The summed E-state index contributed by atoms with van der Waals surface area (Å²) in [5.74, 6) is 0.507. The molecule has 3 aliphatic rings. The van der Waals surface area contributed by atoms with Gasteiger partial charge in [-0.2, -0.15) is 0 Å². The van der Waals surface area contributed by atoms with Gasteiger partial charge in [-0.3, -0.25) is 0 Å². The topological polar surface area (TPSA) is 0 Å². The number of rotatable bonds is 1. The second kappa shape index (κ2) is 3.02. The van der Waals surface area contributed by atoms with Gasteiger partial charge in [-0.05, 0) is 40.9 Å². The first-order chi connectivity index (χ1) is 8.27. The third-order valence-electron chi connectivity index (χ3n) is 3.74. The van der Waals surface area contributed by atoms with Gasteiger partial charge in [0, 0.05) is 16.5 Å².